The number of hydrogen-bond donors (Lipinski definition) is 0. The lowest BCUT2D eigenvalue weighted by Crippen LogP contribution is -2.10. The van der Waals surface area contributed by atoms with Crippen LogP contribution in [0, 0.1) is 0 Å². The average molecular weight is 638 g/mol. The molecule has 2 nitrogen and oxygen atoms in total. The fourth-order valence-electron chi connectivity index (χ4n) is 7.67. The maximum absolute atomic E-state index is 6.88. The van der Waals surface area contributed by atoms with E-state index in [0.717, 1.165) is 50.1 Å². The Kier molecular flexibility index (Phi) is 6.53. The monoisotopic (exact) mass is 637 g/mol. The smallest absolute Gasteiger partial charge is 0.143 e. The van der Waals surface area contributed by atoms with E-state index in [1.807, 2.05) is 0 Å². The zero-order valence-electron chi connectivity index (χ0n) is 27.3. The van der Waals surface area contributed by atoms with E-state index in [0.29, 0.717) is 0 Å². The molecule has 0 aliphatic heterocycles. The van der Waals surface area contributed by atoms with Crippen LogP contribution in [0.4, 0.5) is 17.1 Å². The Bertz CT molecular complexity index is 2850. The van der Waals surface area contributed by atoms with Crippen LogP contribution in [0.2, 0.25) is 0 Å². The van der Waals surface area contributed by atoms with Crippen molar-refractivity contribution in [2.24, 2.45) is 0 Å². The molecule has 1 heterocycles. The van der Waals surface area contributed by atoms with Gasteiger partial charge in [0, 0.05) is 22.3 Å². The summed E-state index contributed by atoms with van der Waals surface area (Å²) in [6.45, 7) is 0. The van der Waals surface area contributed by atoms with Crippen LogP contribution in [0.1, 0.15) is 0 Å². The predicted molar refractivity (Wildman–Crippen MR) is 212 cm³/mol. The van der Waals surface area contributed by atoms with Gasteiger partial charge in [-0.15, -0.1) is 0 Å². The number of hydrogen-bond acceptors (Lipinski definition) is 2. The summed E-state index contributed by atoms with van der Waals surface area (Å²) in [5.41, 5.74) is 9.63. The first-order valence-electron chi connectivity index (χ1n) is 17.1. The predicted octanol–water partition coefficient (Wildman–Crippen LogP) is 13.8. The molecule has 0 spiro atoms. The van der Waals surface area contributed by atoms with Crippen molar-refractivity contribution in [3.63, 3.8) is 0 Å². The normalized spacial score (nSPS) is 11.6. The second-order valence-corrected chi connectivity index (χ2v) is 12.9. The van der Waals surface area contributed by atoms with Crippen LogP contribution in [0.15, 0.2) is 192 Å². The summed E-state index contributed by atoms with van der Waals surface area (Å²) in [4.78, 5) is 2.39. The van der Waals surface area contributed by atoms with E-state index in [1.54, 1.807) is 0 Å². The Hall–Kier alpha value is -6.64. The van der Waals surface area contributed by atoms with Gasteiger partial charge in [-0.1, -0.05) is 146 Å². The highest BCUT2D eigenvalue weighted by atomic mass is 16.3. The molecule has 234 valence electrons. The number of furan rings is 1. The second kappa shape index (κ2) is 11.5. The summed E-state index contributed by atoms with van der Waals surface area (Å²) in [5, 5.41) is 9.55. The van der Waals surface area contributed by atoms with Crippen LogP contribution in [0.5, 0.6) is 0 Å². The summed E-state index contributed by atoms with van der Waals surface area (Å²) in [6, 6.07) is 67.4. The molecule has 0 aliphatic carbocycles. The van der Waals surface area contributed by atoms with Gasteiger partial charge >= 0.3 is 0 Å². The van der Waals surface area contributed by atoms with E-state index in [9.17, 15) is 0 Å². The Morgan fingerprint density at radius 2 is 0.960 bits per heavy atom. The molecule has 0 atom stereocenters. The molecule has 1 aromatic heterocycles. The molecule has 0 amide bonds. The first kappa shape index (κ1) is 28.4. The lowest BCUT2D eigenvalue weighted by molar-refractivity contribution is 0.670. The van der Waals surface area contributed by atoms with E-state index < -0.39 is 0 Å². The lowest BCUT2D eigenvalue weighted by atomic mass is 9.95. The minimum absolute atomic E-state index is 0.865. The van der Waals surface area contributed by atoms with Crippen molar-refractivity contribution in [1.29, 1.82) is 0 Å². The van der Waals surface area contributed by atoms with Crippen molar-refractivity contribution >= 4 is 71.3 Å². The zero-order chi connectivity index (χ0) is 33.0. The van der Waals surface area contributed by atoms with Crippen LogP contribution in [0.3, 0.4) is 0 Å². The quantitative estimate of drug-likeness (QED) is 0.175. The molecule has 0 fully saturated rings. The minimum atomic E-state index is 0.865. The van der Waals surface area contributed by atoms with Crippen molar-refractivity contribution in [2.45, 2.75) is 0 Å². The number of nitrogens with zero attached hydrogens (tertiary/aromatic N) is 1. The third-order valence-corrected chi connectivity index (χ3v) is 10.0. The molecular weight excluding hydrogens is 607 g/mol. The number of benzene rings is 9. The van der Waals surface area contributed by atoms with Crippen LogP contribution in [-0.2, 0) is 0 Å². The van der Waals surface area contributed by atoms with Crippen LogP contribution in [-0.4, -0.2) is 0 Å². The highest BCUT2D eigenvalue weighted by Gasteiger charge is 2.23. The molecule has 0 N–H and O–H groups in total. The lowest BCUT2D eigenvalue weighted by Gasteiger charge is -2.27. The zero-order valence-corrected chi connectivity index (χ0v) is 27.3. The fraction of sp³-hybridized carbons (Fsp3) is 0. The fourth-order valence-corrected chi connectivity index (χ4v) is 7.67. The third-order valence-electron chi connectivity index (χ3n) is 10.0. The summed E-state index contributed by atoms with van der Waals surface area (Å²) >= 11 is 0. The molecule has 9 aromatic carbocycles. The van der Waals surface area contributed by atoms with E-state index >= 15 is 0 Å². The number of anilines is 3. The molecule has 10 aromatic rings. The summed E-state index contributed by atoms with van der Waals surface area (Å²) < 4.78 is 6.88. The van der Waals surface area contributed by atoms with Crippen LogP contribution < -0.4 is 4.90 Å². The Labute approximate surface area is 290 Å². The molecule has 0 bridgehead atoms. The molecule has 50 heavy (non-hydrogen) atoms. The summed E-state index contributed by atoms with van der Waals surface area (Å²) in [7, 11) is 0. The van der Waals surface area contributed by atoms with Gasteiger partial charge in [-0.2, -0.15) is 0 Å². The molecule has 10 rings (SSSR count). The Morgan fingerprint density at radius 1 is 0.360 bits per heavy atom. The Morgan fingerprint density at radius 3 is 1.76 bits per heavy atom. The molecule has 0 radical (unpaired) electrons. The molecule has 2 heteroatoms. The number of rotatable bonds is 5. The first-order valence-corrected chi connectivity index (χ1v) is 17.1. The maximum Gasteiger partial charge on any atom is 0.143 e. The van der Waals surface area contributed by atoms with Crippen molar-refractivity contribution in [2.75, 3.05) is 4.90 Å². The van der Waals surface area contributed by atoms with Crippen LogP contribution >= 0.6 is 0 Å². The van der Waals surface area contributed by atoms with E-state index in [4.69, 9.17) is 4.42 Å². The second-order valence-electron chi connectivity index (χ2n) is 12.9. The van der Waals surface area contributed by atoms with Gasteiger partial charge in [-0.05, 0) is 91.5 Å². The SMILES string of the molecule is c1ccc(-c2ccc(N(c3ccc4c(ccc5ccccc54)c3)c3cccc4oc5c(-c6ccccc6)cc6ccccc6c5c34)cc2)cc1. The van der Waals surface area contributed by atoms with Gasteiger partial charge in [-0.25, -0.2) is 0 Å². The minimum Gasteiger partial charge on any atom is -0.455 e. The molecular formula is C48H31NO. The van der Waals surface area contributed by atoms with Gasteiger partial charge in [0.1, 0.15) is 11.2 Å². The van der Waals surface area contributed by atoms with E-state index in [2.05, 4.69) is 193 Å². The number of fused-ring (bicyclic) bond motifs is 8. The van der Waals surface area contributed by atoms with Crippen LogP contribution in [0.25, 0.3) is 76.5 Å². The van der Waals surface area contributed by atoms with E-state index in [-0.39, 0.29) is 0 Å². The van der Waals surface area contributed by atoms with Gasteiger partial charge in [0.05, 0.1) is 11.1 Å². The largest absolute Gasteiger partial charge is 0.455 e. The highest BCUT2D eigenvalue weighted by molar-refractivity contribution is 6.26. The molecule has 0 saturated carbocycles. The first-order chi connectivity index (χ1) is 24.8. The highest BCUT2D eigenvalue weighted by Crippen LogP contribution is 2.48. The maximum atomic E-state index is 6.88. The van der Waals surface area contributed by atoms with Crippen molar-refractivity contribution in [1.82, 2.24) is 0 Å². The third kappa shape index (κ3) is 4.57. The molecule has 0 unspecified atom stereocenters. The standard InChI is InChI=1S/C48H31NO/c1-3-12-32(13-4-1)33-24-26-38(27-25-33)49(39-28-29-41-37(30-39)23-22-35-16-7-9-18-40(35)41)44-20-11-21-45-47(44)46-42-19-10-8-17-36(42)31-43(48(46)50-45)34-14-5-2-6-15-34/h1-31H. The van der Waals surface area contributed by atoms with Gasteiger partial charge in [-0.3, -0.25) is 0 Å². The molecule has 0 aliphatic rings. The topological polar surface area (TPSA) is 16.4 Å². The summed E-state index contributed by atoms with van der Waals surface area (Å²) in [6.07, 6.45) is 0. The van der Waals surface area contributed by atoms with E-state index in [1.165, 1.54) is 43.4 Å². The van der Waals surface area contributed by atoms with Crippen molar-refractivity contribution in [3.8, 4) is 22.3 Å². The van der Waals surface area contributed by atoms with Gasteiger partial charge in [0.2, 0.25) is 0 Å². The van der Waals surface area contributed by atoms with Gasteiger partial charge in [0.15, 0.2) is 0 Å². The Balaban J connectivity index is 1.26. The average Bonchev–Trinajstić information content (AvgIpc) is 3.59. The van der Waals surface area contributed by atoms with Gasteiger partial charge < -0.3 is 9.32 Å². The summed E-state index contributed by atoms with van der Waals surface area (Å²) in [5.74, 6) is 0. The molecule has 0 saturated heterocycles. The van der Waals surface area contributed by atoms with Crippen molar-refractivity contribution < 1.29 is 4.42 Å². The van der Waals surface area contributed by atoms with Crippen molar-refractivity contribution in [3.05, 3.63) is 188 Å². The van der Waals surface area contributed by atoms with Gasteiger partial charge in [0.25, 0.3) is 0 Å².